The lowest BCUT2D eigenvalue weighted by atomic mass is 10.2. The van der Waals surface area contributed by atoms with Crippen LogP contribution >= 0.6 is 11.6 Å². The third kappa shape index (κ3) is 5.64. The number of hydrogen-bond acceptors (Lipinski definition) is 6. The summed E-state index contributed by atoms with van der Waals surface area (Å²) >= 11 is 6.20. The Bertz CT molecular complexity index is 1160. The molecule has 1 heterocycles. The van der Waals surface area contributed by atoms with Gasteiger partial charge in [-0.1, -0.05) is 31.5 Å². The minimum atomic E-state index is -3.72. The van der Waals surface area contributed by atoms with E-state index in [1.54, 1.807) is 49.1 Å². The molecule has 0 fully saturated rings. The molecule has 170 valence electrons. The highest BCUT2D eigenvalue weighted by molar-refractivity contribution is 7.89. The van der Waals surface area contributed by atoms with Crippen LogP contribution in [-0.2, 0) is 16.6 Å². The molecule has 0 aliphatic rings. The molecule has 0 unspecified atom stereocenters. The van der Waals surface area contributed by atoms with E-state index in [1.807, 2.05) is 0 Å². The maximum Gasteiger partial charge on any atom is 0.257 e. The molecule has 1 aromatic heterocycles. The van der Waals surface area contributed by atoms with Gasteiger partial charge in [-0.05, 0) is 30.3 Å². The van der Waals surface area contributed by atoms with Crippen LogP contribution < -0.4 is 10.1 Å². The van der Waals surface area contributed by atoms with Gasteiger partial charge in [0.25, 0.3) is 5.91 Å². The minimum absolute atomic E-state index is 0.0148. The number of nitrogens with one attached hydrogen (secondary N) is 1. The van der Waals surface area contributed by atoms with Crippen molar-refractivity contribution in [3.8, 4) is 5.75 Å². The molecule has 0 radical (unpaired) electrons. The van der Waals surface area contributed by atoms with Gasteiger partial charge >= 0.3 is 0 Å². The number of hydrogen-bond donors (Lipinski definition) is 1. The first-order chi connectivity index (χ1) is 15.3. The van der Waals surface area contributed by atoms with Gasteiger partial charge in [0.15, 0.2) is 0 Å². The first kappa shape index (κ1) is 23.7. The van der Waals surface area contributed by atoms with Gasteiger partial charge in [-0.15, -0.1) is 0 Å². The quantitative estimate of drug-likeness (QED) is 0.480. The van der Waals surface area contributed by atoms with Gasteiger partial charge in [-0.2, -0.15) is 9.40 Å². The SMILES string of the molecule is CCN(CC)S(=O)(=O)c1ccc(Cl)c(C(=O)Nc2cccc(OCCn3cncn3)c2)c1. The van der Waals surface area contributed by atoms with Gasteiger partial charge in [0.05, 0.1) is 22.0 Å². The summed E-state index contributed by atoms with van der Waals surface area (Å²) < 4.78 is 34.2. The van der Waals surface area contributed by atoms with Crippen LogP contribution in [0.25, 0.3) is 0 Å². The Hall–Kier alpha value is -2.95. The van der Waals surface area contributed by atoms with Crippen molar-refractivity contribution in [2.45, 2.75) is 25.3 Å². The molecule has 0 saturated heterocycles. The molecule has 0 aliphatic carbocycles. The van der Waals surface area contributed by atoms with Gasteiger partial charge in [0.2, 0.25) is 10.0 Å². The molecule has 9 nitrogen and oxygen atoms in total. The molecule has 3 aromatic rings. The summed E-state index contributed by atoms with van der Waals surface area (Å²) in [7, 11) is -3.72. The molecular formula is C21H24ClN5O4S. The van der Waals surface area contributed by atoms with E-state index in [0.717, 1.165) is 0 Å². The zero-order valence-electron chi connectivity index (χ0n) is 17.7. The smallest absolute Gasteiger partial charge is 0.257 e. The zero-order valence-corrected chi connectivity index (χ0v) is 19.3. The number of anilines is 1. The highest BCUT2D eigenvalue weighted by Crippen LogP contribution is 2.25. The second-order valence-corrected chi connectivity index (χ2v) is 9.07. The van der Waals surface area contributed by atoms with Crippen LogP contribution in [0, 0.1) is 0 Å². The van der Waals surface area contributed by atoms with Crippen LogP contribution in [0.4, 0.5) is 5.69 Å². The van der Waals surface area contributed by atoms with Crippen LogP contribution in [0.3, 0.4) is 0 Å². The van der Waals surface area contributed by atoms with Gasteiger partial charge < -0.3 is 10.1 Å². The largest absolute Gasteiger partial charge is 0.492 e. The Morgan fingerprint density at radius 1 is 1.19 bits per heavy atom. The third-order valence-electron chi connectivity index (χ3n) is 4.67. The van der Waals surface area contributed by atoms with E-state index >= 15 is 0 Å². The number of ether oxygens (including phenoxy) is 1. The second kappa shape index (κ2) is 10.6. The molecule has 0 saturated carbocycles. The summed E-state index contributed by atoms with van der Waals surface area (Å²) in [5, 5.41) is 6.90. The summed E-state index contributed by atoms with van der Waals surface area (Å²) in [5.41, 5.74) is 0.554. The van der Waals surface area contributed by atoms with Crippen LogP contribution in [0.2, 0.25) is 5.02 Å². The molecule has 1 amide bonds. The van der Waals surface area contributed by atoms with E-state index in [9.17, 15) is 13.2 Å². The molecule has 11 heteroatoms. The van der Waals surface area contributed by atoms with Gasteiger partial charge in [0.1, 0.15) is 25.0 Å². The standard InChI is InChI=1S/C21H24ClN5O4S/c1-3-27(4-2)32(29,30)18-8-9-20(22)19(13-18)21(28)25-16-6-5-7-17(12-16)31-11-10-26-15-23-14-24-26/h5-9,12-15H,3-4,10-11H2,1-2H3,(H,25,28). The van der Waals surface area contributed by atoms with Crippen LogP contribution in [0.5, 0.6) is 5.75 Å². The third-order valence-corrected chi connectivity index (χ3v) is 7.05. The second-order valence-electron chi connectivity index (χ2n) is 6.72. The lowest BCUT2D eigenvalue weighted by Gasteiger charge is -2.19. The van der Waals surface area contributed by atoms with Crippen LogP contribution in [0.15, 0.2) is 60.0 Å². The van der Waals surface area contributed by atoms with Crippen molar-refractivity contribution >= 4 is 33.2 Å². The van der Waals surface area contributed by atoms with E-state index in [0.29, 0.717) is 37.7 Å². The number of sulfonamides is 1. The van der Waals surface area contributed by atoms with Crippen molar-refractivity contribution < 1.29 is 17.9 Å². The molecular weight excluding hydrogens is 454 g/mol. The number of carbonyl (C=O) groups is 1. The molecule has 0 aliphatic heterocycles. The number of aromatic nitrogens is 3. The van der Waals surface area contributed by atoms with E-state index in [1.165, 1.54) is 28.8 Å². The summed E-state index contributed by atoms with van der Waals surface area (Å²) in [5.74, 6) is 0.0400. The summed E-state index contributed by atoms with van der Waals surface area (Å²) in [6, 6.07) is 11.0. The predicted molar refractivity (Wildman–Crippen MR) is 121 cm³/mol. The van der Waals surface area contributed by atoms with E-state index in [4.69, 9.17) is 16.3 Å². The maximum atomic E-state index is 12.8. The van der Waals surface area contributed by atoms with Gasteiger partial charge in [-0.25, -0.2) is 18.1 Å². The summed E-state index contributed by atoms with van der Waals surface area (Å²) in [6.07, 6.45) is 3.04. The molecule has 0 spiro atoms. The Kier molecular flexibility index (Phi) is 7.84. The average Bonchev–Trinajstić information content (AvgIpc) is 3.28. The lowest BCUT2D eigenvalue weighted by Crippen LogP contribution is -2.30. The predicted octanol–water partition coefficient (Wildman–Crippen LogP) is 3.29. The van der Waals surface area contributed by atoms with Crippen molar-refractivity contribution in [3.63, 3.8) is 0 Å². The Balaban J connectivity index is 1.73. The molecule has 0 atom stereocenters. The minimum Gasteiger partial charge on any atom is -0.492 e. The highest BCUT2D eigenvalue weighted by Gasteiger charge is 2.24. The van der Waals surface area contributed by atoms with Crippen LogP contribution in [-0.4, -0.2) is 53.1 Å². The van der Waals surface area contributed by atoms with Gasteiger partial charge in [0, 0.05) is 24.8 Å². The zero-order chi connectivity index (χ0) is 23.1. The first-order valence-electron chi connectivity index (χ1n) is 10.0. The Morgan fingerprint density at radius 3 is 2.66 bits per heavy atom. The Morgan fingerprint density at radius 2 is 1.97 bits per heavy atom. The van der Waals surface area contributed by atoms with E-state index in [2.05, 4.69) is 15.4 Å². The number of carbonyl (C=O) groups excluding carboxylic acids is 1. The summed E-state index contributed by atoms with van der Waals surface area (Å²) in [4.78, 5) is 16.7. The molecule has 32 heavy (non-hydrogen) atoms. The van der Waals surface area contributed by atoms with Crippen molar-refractivity contribution in [3.05, 3.63) is 65.7 Å². The topological polar surface area (TPSA) is 106 Å². The fraction of sp³-hybridized carbons (Fsp3) is 0.286. The number of benzene rings is 2. The molecule has 1 N–H and O–H groups in total. The number of halogens is 1. The van der Waals surface area contributed by atoms with E-state index in [-0.39, 0.29) is 15.5 Å². The fourth-order valence-electron chi connectivity index (χ4n) is 3.02. The number of nitrogens with zero attached hydrogens (tertiary/aromatic N) is 4. The lowest BCUT2D eigenvalue weighted by molar-refractivity contribution is 0.102. The normalized spacial score (nSPS) is 11.5. The number of rotatable bonds is 10. The molecule has 3 rings (SSSR count). The molecule has 2 aromatic carbocycles. The first-order valence-corrected chi connectivity index (χ1v) is 11.8. The Labute approximate surface area is 192 Å². The van der Waals surface area contributed by atoms with Crippen molar-refractivity contribution in [1.82, 2.24) is 19.1 Å². The van der Waals surface area contributed by atoms with E-state index < -0.39 is 15.9 Å². The van der Waals surface area contributed by atoms with Crippen molar-refractivity contribution in [2.75, 3.05) is 25.0 Å². The van der Waals surface area contributed by atoms with Crippen molar-refractivity contribution in [2.24, 2.45) is 0 Å². The fourth-order valence-corrected chi connectivity index (χ4v) is 4.71. The average molecular weight is 478 g/mol. The summed E-state index contributed by atoms with van der Waals surface area (Å²) in [6.45, 7) is 5.06. The van der Waals surface area contributed by atoms with Gasteiger partial charge in [-0.3, -0.25) is 4.79 Å². The molecule has 0 bridgehead atoms. The highest BCUT2D eigenvalue weighted by atomic mass is 35.5. The number of amides is 1. The van der Waals surface area contributed by atoms with Crippen LogP contribution in [0.1, 0.15) is 24.2 Å². The maximum absolute atomic E-state index is 12.8. The van der Waals surface area contributed by atoms with Crippen molar-refractivity contribution in [1.29, 1.82) is 0 Å². The monoisotopic (exact) mass is 477 g/mol.